The molecule has 126 valence electrons. The van der Waals surface area contributed by atoms with Gasteiger partial charge in [0.05, 0.1) is 9.82 Å². The molecule has 0 aliphatic rings. The van der Waals surface area contributed by atoms with Gasteiger partial charge in [0.25, 0.3) is 5.69 Å². The van der Waals surface area contributed by atoms with Crippen LogP contribution in [0, 0.1) is 10.1 Å². The Balaban J connectivity index is 2.20. The van der Waals surface area contributed by atoms with Crippen molar-refractivity contribution in [3.63, 3.8) is 0 Å². The van der Waals surface area contributed by atoms with E-state index in [9.17, 15) is 23.3 Å². The highest BCUT2D eigenvalue weighted by atomic mass is 32.2. The van der Waals surface area contributed by atoms with Crippen LogP contribution in [0.1, 0.15) is 15.9 Å². The summed E-state index contributed by atoms with van der Waals surface area (Å²) in [6.07, 6.45) is 1.11. The quantitative estimate of drug-likeness (QED) is 0.602. The summed E-state index contributed by atoms with van der Waals surface area (Å²) in [5.74, 6) is -0.749. The van der Waals surface area contributed by atoms with Crippen molar-refractivity contribution in [3.8, 4) is 0 Å². The average molecular weight is 349 g/mol. The molecule has 0 heterocycles. The second-order valence-corrected chi connectivity index (χ2v) is 7.14. The highest BCUT2D eigenvalue weighted by Gasteiger charge is 2.16. The summed E-state index contributed by atoms with van der Waals surface area (Å²) in [6.45, 7) is 0.251. The lowest BCUT2D eigenvalue weighted by Gasteiger charge is -2.08. The molecule has 2 aromatic rings. The Morgan fingerprint density at radius 3 is 2.33 bits per heavy atom. The number of anilines is 1. The maximum Gasteiger partial charge on any atom is 0.293 e. The van der Waals surface area contributed by atoms with Gasteiger partial charge < -0.3 is 11.1 Å². The van der Waals surface area contributed by atoms with Crippen molar-refractivity contribution in [2.75, 3.05) is 11.6 Å². The number of sulfone groups is 1. The predicted molar refractivity (Wildman–Crippen MR) is 88.5 cm³/mol. The zero-order valence-electron chi connectivity index (χ0n) is 12.7. The number of carbonyl (C=O) groups excluding carboxylic acids is 1. The second-order valence-electron chi connectivity index (χ2n) is 5.12. The van der Waals surface area contributed by atoms with Crippen LogP contribution in [-0.2, 0) is 16.4 Å². The highest BCUT2D eigenvalue weighted by molar-refractivity contribution is 7.90. The molecule has 1 amide bonds. The van der Waals surface area contributed by atoms with Gasteiger partial charge >= 0.3 is 0 Å². The largest absolute Gasteiger partial charge is 0.375 e. The van der Waals surface area contributed by atoms with Crippen LogP contribution in [-0.4, -0.2) is 25.5 Å². The smallest absolute Gasteiger partial charge is 0.293 e. The first kappa shape index (κ1) is 17.4. The Labute approximate surface area is 138 Å². The van der Waals surface area contributed by atoms with Crippen molar-refractivity contribution >= 4 is 27.1 Å². The van der Waals surface area contributed by atoms with E-state index in [0.717, 1.165) is 17.9 Å². The van der Waals surface area contributed by atoms with Gasteiger partial charge in [-0.05, 0) is 29.8 Å². The van der Waals surface area contributed by atoms with Gasteiger partial charge in [0, 0.05) is 24.4 Å². The topological polar surface area (TPSA) is 132 Å². The third-order valence-electron chi connectivity index (χ3n) is 3.31. The summed E-state index contributed by atoms with van der Waals surface area (Å²) >= 11 is 0. The van der Waals surface area contributed by atoms with E-state index in [1.165, 1.54) is 24.3 Å². The van der Waals surface area contributed by atoms with Crippen molar-refractivity contribution in [1.29, 1.82) is 0 Å². The summed E-state index contributed by atoms with van der Waals surface area (Å²) in [4.78, 5) is 21.8. The lowest BCUT2D eigenvalue weighted by atomic mass is 10.1. The van der Waals surface area contributed by atoms with Crippen molar-refractivity contribution in [1.82, 2.24) is 0 Å². The molecule has 2 rings (SSSR count). The number of amides is 1. The van der Waals surface area contributed by atoms with Gasteiger partial charge in [-0.3, -0.25) is 14.9 Å². The fourth-order valence-electron chi connectivity index (χ4n) is 2.04. The lowest BCUT2D eigenvalue weighted by molar-refractivity contribution is -0.384. The van der Waals surface area contributed by atoms with Gasteiger partial charge in [-0.2, -0.15) is 0 Å². The van der Waals surface area contributed by atoms with Crippen molar-refractivity contribution in [3.05, 3.63) is 63.7 Å². The Morgan fingerprint density at radius 1 is 1.21 bits per heavy atom. The highest BCUT2D eigenvalue weighted by Crippen LogP contribution is 2.26. The zero-order chi connectivity index (χ0) is 17.9. The van der Waals surface area contributed by atoms with Crippen LogP contribution in [0.5, 0.6) is 0 Å². The summed E-state index contributed by atoms with van der Waals surface area (Å²) in [6, 6.07) is 10.1. The number of primary amides is 1. The van der Waals surface area contributed by atoms with E-state index < -0.39 is 20.7 Å². The number of carbonyl (C=O) groups is 1. The van der Waals surface area contributed by atoms with E-state index in [-0.39, 0.29) is 28.4 Å². The third kappa shape index (κ3) is 4.07. The molecule has 0 aliphatic heterocycles. The van der Waals surface area contributed by atoms with Crippen LogP contribution >= 0.6 is 0 Å². The second kappa shape index (κ2) is 6.67. The minimum atomic E-state index is -3.27. The first-order valence-electron chi connectivity index (χ1n) is 6.79. The van der Waals surface area contributed by atoms with E-state index in [1.54, 1.807) is 12.1 Å². The molecule has 0 unspecified atom stereocenters. The van der Waals surface area contributed by atoms with Crippen LogP contribution in [0.3, 0.4) is 0 Å². The number of rotatable bonds is 6. The molecule has 0 saturated heterocycles. The summed E-state index contributed by atoms with van der Waals surface area (Å²) < 4.78 is 22.8. The fourth-order valence-corrected chi connectivity index (χ4v) is 2.67. The van der Waals surface area contributed by atoms with E-state index in [4.69, 9.17) is 5.73 Å². The number of nitrogens with zero attached hydrogens (tertiary/aromatic N) is 1. The predicted octanol–water partition coefficient (Wildman–Crippen LogP) is 1.71. The number of hydrogen-bond acceptors (Lipinski definition) is 6. The van der Waals surface area contributed by atoms with Gasteiger partial charge in [-0.15, -0.1) is 0 Å². The minimum Gasteiger partial charge on any atom is -0.375 e. The lowest BCUT2D eigenvalue weighted by Crippen LogP contribution is -2.12. The molecule has 9 heteroatoms. The average Bonchev–Trinajstić information content (AvgIpc) is 2.52. The first-order chi connectivity index (χ1) is 11.2. The molecule has 2 aromatic carbocycles. The van der Waals surface area contributed by atoms with Gasteiger partial charge in [0.2, 0.25) is 5.91 Å². The molecular formula is C15H15N3O5S. The molecule has 0 fully saturated rings. The number of nitro benzene ring substituents is 1. The number of hydrogen-bond donors (Lipinski definition) is 2. The normalized spacial score (nSPS) is 11.0. The van der Waals surface area contributed by atoms with Crippen molar-refractivity contribution in [2.45, 2.75) is 11.4 Å². The molecule has 0 atom stereocenters. The molecule has 0 aliphatic carbocycles. The number of nitrogens with one attached hydrogen (secondary N) is 1. The van der Waals surface area contributed by atoms with E-state index >= 15 is 0 Å². The van der Waals surface area contributed by atoms with E-state index in [2.05, 4.69) is 5.32 Å². The monoisotopic (exact) mass is 349 g/mol. The molecule has 0 spiro atoms. The number of nitro groups is 1. The van der Waals surface area contributed by atoms with Crippen LogP contribution in [0.2, 0.25) is 0 Å². The van der Waals surface area contributed by atoms with Gasteiger partial charge in [-0.25, -0.2) is 8.42 Å². The van der Waals surface area contributed by atoms with Crippen LogP contribution in [0.15, 0.2) is 47.4 Å². The molecule has 3 N–H and O–H groups in total. The Bertz CT molecular complexity index is 892. The molecule has 0 bridgehead atoms. The minimum absolute atomic E-state index is 0.0461. The van der Waals surface area contributed by atoms with E-state index in [0.29, 0.717) is 0 Å². The first-order valence-corrected chi connectivity index (χ1v) is 8.69. The summed E-state index contributed by atoms with van der Waals surface area (Å²) in [7, 11) is -3.27. The molecule has 24 heavy (non-hydrogen) atoms. The summed E-state index contributed by atoms with van der Waals surface area (Å²) in [5.41, 5.74) is 5.88. The molecular weight excluding hydrogens is 334 g/mol. The van der Waals surface area contributed by atoms with Crippen molar-refractivity contribution in [2.24, 2.45) is 5.73 Å². The molecule has 0 aromatic heterocycles. The standard InChI is InChI=1S/C15H15N3O5S/c1-24(22,23)12-5-2-10(3-6-12)9-17-13-7-4-11(15(16)19)8-14(13)18(20)21/h2-8,17H,9H2,1H3,(H2,16,19). The van der Waals surface area contributed by atoms with E-state index in [1.807, 2.05) is 0 Å². The SMILES string of the molecule is CS(=O)(=O)c1ccc(CNc2ccc(C(N)=O)cc2[N+](=O)[O-])cc1. The third-order valence-corrected chi connectivity index (χ3v) is 4.44. The van der Waals surface area contributed by atoms with Crippen LogP contribution in [0.25, 0.3) is 0 Å². The van der Waals surface area contributed by atoms with Gasteiger partial charge in [0.15, 0.2) is 9.84 Å². The zero-order valence-corrected chi connectivity index (χ0v) is 13.5. The van der Waals surface area contributed by atoms with Crippen LogP contribution < -0.4 is 11.1 Å². The number of benzene rings is 2. The van der Waals surface area contributed by atoms with Crippen molar-refractivity contribution < 1.29 is 18.1 Å². The summed E-state index contributed by atoms with van der Waals surface area (Å²) in [5, 5.41) is 14.0. The molecule has 8 nitrogen and oxygen atoms in total. The Kier molecular flexibility index (Phi) is 4.84. The maximum absolute atomic E-state index is 11.4. The number of nitrogens with two attached hydrogens (primary N) is 1. The maximum atomic E-state index is 11.4. The Hall–Kier alpha value is -2.94. The Morgan fingerprint density at radius 2 is 1.83 bits per heavy atom. The van der Waals surface area contributed by atoms with Crippen LogP contribution in [0.4, 0.5) is 11.4 Å². The fraction of sp³-hybridized carbons (Fsp3) is 0.133. The molecule has 0 saturated carbocycles. The van der Waals surface area contributed by atoms with Gasteiger partial charge in [0.1, 0.15) is 5.69 Å². The molecule has 0 radical (unpaired) electrons. The van der Waals surface area contributed by atoms with Gasteiger partial charge in [-0.1, -0.05) is 12.1 Å².